The zero-order valence-electron chi connectivity index (χ0n) is 14.2. The van der Waals surface area contributed by atoms with Crippen LogP contribution in [0.5, 0.6) is 0 Å². The Balaban J connectivity index is 1.64. The maximum absolute atomic E-state index is 11.9. The molecule has 4 rings (SSSR count). The Hall–Kier alpha value is -0.770. The molecule has 4 fully saturated rings. The van der Waals surface area contributed by atoms with Crippen LogP contribution >= 0.6 is 0 Å². The van der Waals surface area contributed by atoms with E-state index >= 15 is 0 Å². The van der Waals surface area contributed by atoms with Crippen LogP contribution in [0, 0.1) is 52.8 Å². The average molecular weight is 298 g/mol. The summed E-state index contributed by atoms with van der Waals surface area (Å²) in [7, 11) is 0. The second-order valence-electron chi connectivity index (χ2n) is 9.24. The van der Waals surface area contributed by atoms with Gasteiger partial charge in [-0.1, -0.05) is 13.8 Å². The topological polar surface area (TPSA) is 17.1 Å². The van der Waals surface area contributed by atoms with Gasteiger partial charge in [0.1, 0.15) is 5.78 Å². The summed E-state index contributed by atoms with van der Waals surface area (Å²) in [5, 5.41) is 0. The van der Waals surface area contributed by atoms with E-state index in [-0.39, 0.29) is 0 Å². The molecule has 4 aliphatic carbocycles. The normalized spacial score (nSPS) is 54.0. The van der Waals surface area contributed by atoms with E-state index in [1.807, 2.05) is 0 Å². The number of carbonyl (C=O) groups is 1. The maximum Gasteiger partial charge on any atom is 0.133 e. The van der Waals surface area contributed by atoms with Crippen LogP contribution in [0.4, 0.5) is 0 Å². The van der Waals surface area contributed by atoms with Crippen LogP contribution in [0.15, 0.2) is 0 Å². The monoisotopic (exact) mass is 298 g/mol. The number of hydrogen-bond acceptors (Lipinski definition) is 1. The molecule has 1 nitrogen and oxygen atoms in total. The summed E-state index contributed by atoms with van der Waals surface area (Å²) >= 11 is 0. The Kier molecular flexibility index (Phi) is 3.27. The number of fused-ring (bicyclic) bond motifs is 5. The molecule has 0 radical (unpaired) electrons. The highest BCUT2D eigenvalue weighted by atomic mass is 16.1. The summed E-state index contributed by atoms with van der Waals surface area (Å²) in [4.78, 5) is 11.9. The van der Waals surface area contributed by atoms with Gasteiger partial charge in [0.2, 0.25) is 0 Å². The van der Waals surface area contributed by atoms with Crippen molar-refractivity contribution in [2.75, 3.05) is 0 Å². The highest BCUT2D eigenvalue weighted by Crippen LogP contribution is 2.67. The minimum Gasteiger partial charge on any atom is -0.300 e. The van der Waals surface area contributed by atoms with Gasteiger partial charge in [-0.15, -0.1) is 12.3 Å². The van der Waals surface area contributed by atoms with Crippen LogP contribution in [0.3, 0.4) is 0 Å². The van der Waals surface area contributed by atoms with Gasteiger partial charge in [0.25, 0.3) is 0 Å². The molecule has 1 heteroatoms. The molecule has 0 spiro atoms. The maximum atomic E-state index is 11.9. The molecule has 0 saturated heterocycles. The van der Waals surface area contributed by atoms with E-state index in [1.54, 1.807) is 0 Å². The van der Waals surface area contributed by atoms with E-state index < -0.39 is 0 Å². The Bertz CT molecular complexity index is 529. The third-order valence-electron chi connectivity index (χ3n) is 8.68. The van der Waals surface area contributed by atoms with Crippen molar-refractivity contribution in [2.45, 2.75) is 71.6 Å². The molecule has 0 aromatic carbocycles. The van der Waals surface area contributed by atoms with E-state index in [2.05, 4.69) is 19.8 Å². The molecule has 0 heterocycles. The second kappa shape index (κ2) is 4.86. The highest BCUT2D eigenvalue weighted by molar-refractivity contribution is 5.79. The lowest BCUT2D eigenvalue weighted by Crippen LogP contribution is -2.53. The van der Waals surface area contributed by atoms with Crippen molar-refractivity contribution in [1.82, 2.24) is 0 Å². The van der Waals surface area contributed by atoms with Crippen molar-refractivity contribution < 1.29 is 4.79 Å². The van der Waals surface area contributed by atoms with Gasteiger partial charge < -0.3 is 0 Å². The summed E-state index contributed by atoms with van der Waals surface area (Å²) < 4.78 is 0. The molecular formula is C21H30O. The molecule has 7 atom stereocenters. The predicted molar refractivity (Wildman–Crippen MR) is 89.1 cm³/mol. The van der Waals surface area contributed by atoms with Gasteiger partial charge in [-0.05, 0) is 79.4 Å². The summed E-state index contributed by atoms with van der Waals surface area (Å²) in [6.07, 6.45) is 16.6. The van der Waals surface area contributed by atoms with Crippen LogP contribution in [-0.2, 0) is 4.79 Å². The number of rotatable bonds is 0. The van der Waals surface area contributed by atoms with Crippen molar-refractivity contribution in [3.63, 3.8) is 0 Å². The molecular weight excluding hydrogens is 268 g/mol. The quantitative estimate of drug-likeness (QED) is 0.584. The fourth-order valence-electron chi connectivity index (χ4n) is 7.32. The van der Waals surface area contributed by atoms with Crippen molar-refractivity contribution in [3.8, 4) is 12.3 Å². The standard InChI is InChI=1S/C21H30O/c1-4-14-6-8-18-17-7-5-15-13-16(22)9-11-21(15,3)19(17)10-12-20(14,18)2/h1,14-15,17-19H,5-13H2,2-3H3/t14-,15?,17-,18-,19-,20+,21-/m0/s1. The molecule has 0 aromatic heterocycles. The van der Waals surface area contributed by atoms with Crippen LogP contribution in [-0.4, -0.2) is 5.78 Å². The van der Waals surface area contributed by atoms with Gasteiger partial charge in [-0.3, -0.25) is 4.79 Å². The Morgan fingerprint density at radius 2 is 1.77 bits per heavy atom. The van der Waals surface area contributed by atoms with Crippen LogP contribution in [0.25, 0.3) is 0 Å². The second-order valence-corrected chi connectivity index (χ2v) is 9.24. The number of terminal acetylenes is 1. The molecule has 120 valence electrons. The number of ketones is 1. The van der Waals surface area contributed by atoms with Gasteiger partial charge in [0.05, 0.1) is 0 Å². The fourth-order valence-corrected chi connectivity index (χ4v) is 7.32. The van der Waals surface area contributed by atoms with Crippen LogP contribution < -0.4 is 0 Å². The average Bonchev–Trinajstić information content (AvgIpc) is 2.84. The van der Waals surface area contributed by atoms with Gasteiger partial charge >= 0.3 is 0 Å². The van der Waals surface area contributed by atoms with Gasteiger partial charge in [-0.25, -0.2) is 0 Å². The van der Waals surface area contributed by atoms with Crippen LogP contribution in [0.1, 0.15) is 71.6 Å². The molecule has 4 saturated carbocycles. The minimum absolute atomic E-state index is 0.406. The number of Topliss-reactive ketones (excluding diaryl/α,β-unsaturated/α-hetero) is 1. The highest BCUT2D eigenvalue weighted by Gasteiger charge is 2.59. The van der Waals surface area contributed by atoms with E-state index in [1.165, 1.54) is 38.5 Å². The van der Waals surface area contributed by atoms with Crippen molar-refractivity contribution >= 4 is 5.78 Å². The molecule has 4 aliphatic rings. The summed E-state index contributed by atoms with van der Waals surface area (Å²) in [5.74, 6) is 7.42. The van der Waals surface area contributed by atoms with Crippen molar-refractivity contribution in [2.24, 2.45) is 40.4 Å². The van der Waals surface area contributed by atoms with Crippen molar-refractivity contribution in [3.05, 3.63) is 0 Å². The summed E-state index contributed by atoms with van der Waals surface area (Å²) in [6.45, 7) is 5.02. The SMILES string of the molecule is C#C[C@H]1CC[C@H]2[C@@H]3CCC4CC(=O)CC[C@]4(C)[C@H]3CC[C@]12C. The lowest BCUT2D eigenvalue weighted by atomic mass is 9.45. The van der Waals surface area contributed by atoms with Gasteiger partial charge in [-0.2, -0.15) is 0 Å². The van der Waals surface area contributed by atoms with E-state index in [0.717, 1.165) is 37.0 Å². The third kappa shape index (κ3) is 1.82. The molecule has 0 aromatic rings. The Labute approximate surface area is 135 Å². The molecule has 0 aliphatic heterocycles. The molecule has 0 N–H and O–H groups in total. The third-order valence-corrected chi connectivity index (χ3v) is 8.68. The zero-order valence-corrected chi connectivity index (χ0v) is 14.2. The van der Waals surface area contributed by atoms with Crippen molar-refractivity contribution in [1.29, 1.82) is 0 Å². The molecule has 0 bridgehead atoms. The Morgan fingerprint density at radius 3 is 2.55 bits per heavy atom. The van der Waals surface area contributed by atoms with Gasteiger partial charge in [0.15, 0.2) is 0 Å². The fraction of sp³-hybridized carbons (Fsp3) is 0.857. The first-order valence-corrected chi connectivity index (χ1v) is 9.47. The number of carbonyl (C=O) groups excluding carboxylic acids is 1. The Morgan fingerprint density at radius 1 is 1.00 bits per heavy atom. The molecule has 0 amide bonds. The first-order chi connectivity index (χ1) is 10.5. The van der Waals surface area contributed by atoms with Crippen LogP contribution in [0.2, 0.25) is 0 Å². The first-order valence-electron chi connectivity index (χ1n) is 9.47. The predicted octanol–water partition coefficient (Wildman–Crippen LogP) is 4.85. The lowest BCUT2D eigenvalue weighted by molar-refractivity contribution is -0.138. The van der Waals surface area contributed by atoms with E-state index in [0.29, 0.717) is 28.4 Å². The first kappa shape index (κ1) is 14.8. The number of hydrogen-bond donors (Lipinski definition) is 0. The summed E-state index contributed by atoms with van der Waals surface area (Å²) in [5.41, 5.74) is 0.843. The summed E-state index contributed by atoms with van der Waals surface area (Å²) in [6, 6.07) is 0. The van der Waals surface area contributed by atoms with Gasteiger partial charge in [0, 0.05) is 18.8 Å². The smallest absolute Gasteiger partial charge is 0.133 e. The zero-order chi connectivity index (χ0) is 15.5. The minimum atomic E-state index is 0.406. The van der Waals surface area contributed by atoms with E-state index in [4.69, 9.17) is 6.42 Å². The molecule has 1 unspecified atom stereocenters. The lowest BCUT2D eigenvalue weighted by Gasteiger charge is -2.60. The largest absolute Gasteiger partial charge is 0.300 e. The van der Waals surface area contributed by atoms with E-state index in [9.17, 15) is 4.79 Å². The molecule has 22 heavy (non-hydrogen) atoms.